The molecule has 3 aromatic rings. The molecule has 27 heavy (non-hydrogen) atoms. The number of ether oxygens (including phenoxy) is 1. The van der Waals surface area contributed by atoms with E-state index >= 15 is 0 Å². The van der Waals surface area contributed by atoms with Gasteiger partial charge in [-0.05, 0) is 39.2 Å². The Morgan fingerprint density at radius 1 is 1.22 bits per heavy atom. The highest BCUT2D eigenvalue weighted by Gasteiger charge is 2.26. The van der Waals surface area contributed by atoms with Gasteiger partial charge in [0.25, 0.3) is 5.89 Å². The number of carbonyl (C=O) groups excluding carboxylic acids is 1. The van der Waals surface area contributed by atoms with E-state index in [9.17, 15) is 4.79 Å². The number of anilines is 1. The molecule has 0 fully saturated rings. The molecule has 8 nitrogen and oxygen atoms in total. The molecule has 142 valence electrons. The zero-order valence-corrected chi connectivity index (χ0v) is 16.2. The minimum Gasteiger partial charge on any atom is -0.376 e. The van der Waals surface area contributed by atoms with Crippen molar-refractivity contribution < 1.29 is 18.6 Å². The van der Waals surface area contributed by atoms with Crippen molar-refractivity contribution in [3.63, 3.8) is 0 Å². The van der Waals surface area contributed by atoms with Crippen molar-refractivity contribution in [3.8, 4) is 11.5 Å². The second kappa shape index (κ2) is 7.24. The van der Waals surface area contributed by atoms with E-state index < -0.39 is 0 Å². The molecule has 1 aliphatic heterocycles. The molecule has 1 aliphatic rings. The smallest absolute Gasteiger partial charge is 0.261 e. The van der Waals surface area contributed by atoms with Crippen LogP contribution >= 0.6 is 11.3 Å². The van der Waals surface area contributed by atoms with Crippen molar-refractivity contribution in [3.05, 3.63) is 33.3 Å². The standard InChI is InChI=1S/C18H20N4O4S/c1-9-12(10(2)25-21-9)4-5-15(23)20-18-16(17-19-11(3)22-26-17)13-6-7-24-8-14(13)27-18/h4-8H2,1-3H3,(H,20,23). The van der Waals surface area contributed by atoms with Crippen LogP contribution in [-0.4, -0.2) is 27.8 Å². The summed E-state index contributed by atoms with van der Waals surface area (Å²) in [6.07, 6.45) is 1.68. The van der Waals surface area contributed by atoms with Crippen molar-refractivity contribution in [2.75, 3.05) is 11.9 Å². The van der Waals surface area contributed by atoms with Crippen molar-refractivity contribution in [1.29, 1.82) is 0 Å². The first-order valence-electron chi connectivity index (χ1n) is 8.77. The van der Waals surface area contributed by atoms with E-state index in [-0.39, 0.29) is 5.91 Å². The summed E-state index contributed by atoms with van der Waals surface area (Å²) in [5.41, 5.74) is 3.75. The van der Waals surface area contributed by atoms with Gasteiger partial charge in [0, 0.05) is 16.9 Å². The van der Waals surface area contributed by atoms with Gasteiger partial charge in [-0.1, -0.05) is 10.3 Å². The topological polar surface area (TPSA) is 103 Å². The molecule has 0 atom stereocenters. The fourth-order valence-corrected chi connectivity index (χ4v) is 4.43. The molecule has 0 unspecified atom stereocenters. The molecule has 0 aliphatic carbocycles. The lowest BCUT2D eigenvalue weighted by Crippen LogP contribution is -2.12. The normalized spacial score (nSPS) is 13.6. The quantitative estimate of drug-likeness (QED) is 0.715. The highest BCUT2D eigenvalue weighted by atomic mass is 32.1. The van der Waals surface area contributed by atoms with Gasteiger partial charge in [-0.15, -0.1) is 11.3 Å². The van der Waals surface area contributed by atoms with Crippen LogP contribution in [0.25, 0.3) is 11.5 Å². The molecule has 0 saturated heterocycles. The summed E-state index contributed by atoms with van der Waals surface area (Å²) >= 11 is 1.51. The molecule has 0 bridgehead atoms. The van der Waals surface area contributed by atoms with Crippen LogP contribution in [0.4, 0.5) is 5.00 Å². The summed E-state index contributed by atoms with van der Waals surface area (Å²) in [7, 11) is 0. The van der Waals surface area contributed by atoms with Gasteiger partial charge >= 0.3 is 0 Å². The Hall–Kier alpha value is -2.52. The van der Waals surface area contributed by atoms with E-state index in [1.807, 2.05) is 13.8 Å². The predicted molar refractivity (Wildman–Crippen MR) is 98.6 cm³/mol. The van der Waals surface area contributed by atoms with E-state index in [1.54, 1.807) is 6.92 Å². The van der Waals surface area contributed by atoms with Crippen LogP contribution in [0.5, 0.6) is 0 Å². The number of rotatable bonds is 5. The Labute approximate surface area is 159 Å². The molecule has 0 saturated carbocycles. The van der Waals surface area contributed by atoms with Crippen molar-refractivity contribution in [1.82, 2.24) is 15.3 Å². The van der Waals surface area contributed by atoms with Gasteiger partial charge < -0.3 is 19.1 Å². The van der Waals surface area contributed by atoms with Gasteiger partial charge in [0.05, 0.1) is 24.5 Å². The summed E-state index contributed by atoms with van der Waals surface area (Å²) in [5.74, 6) is 1.68. The van der Waals surface area contributed by atoms with E-state index in [2.05, 4.69) is 20.6 Å². The molecular weight excluding hydrogens is 368 g/mol. The zero-order chi connectivity index (χ0) is 19.0. The number of carbonyl (C=O) groups is 1. The highest BCUT2D eigenvalue weighted by Crippen LogP contribution is 2.42. The maximum atomic E-state index is 12.6. The molecular formula is C18H20N4O4S. The highest BCUT2D eigenvalue weighted by molar-refractivity contribution is 7.17. The Balaban J connectivity index is 1.56. The van der Waals surface area contributed by atoms with Crippen LogP contribution in [0.1, 0.15) is 39.7 Å². The van der Waals surface area contributed by atoms with Gasteiger partial charge in [0.15, 0.2) is 5.82 Å². The number of nitrogens with zero attached hydrogens (tertiary/aromatic N) is 3. The monoisotopic (exact) mass is 388 g/mol. The largest absolute Gasteiger partial charge is 0.376 e. The molecule has 3 aromatic heterocycles. The Kier molecular flexibility index (Phi) is 4.79. The average Bonchev–Trinajstić information content (AvgIpc) is 3.31. The van der Waals surface area contributed by atoms with Gasteiger partial charge in [-0.25, -0.2) is 0 Å². The summed E-state index contributed by atoms with van der Waals surface area (Å²) in [5, 5.41) is 11.6. The van der Waals surface area contributed by atoms with Gasteiger partial charge in [0.1, 0.15) is 10.8 Å². The minimum atomic E-state index is -0.0768. The maximum absolute atomic E-state index is 12.6. The third-order valence-corrected chi connectivity index (χ3v) is 5.72. The number of nitrogens with one attached hydrogen (secondary N) is 1. The molecule has 9 heteroatoms. The molecule has 4 rings (SSSR count). The lowest BCUT2D eigenvalue weighted by atomic mass is 10.1. The zero-order valence-electron chi connectivity index (χ0n) is 15.4. The van der Waals surface area contributed by atoms with Gasteiger partial charge in [0.2, 0.25) is 5.91 Å². The fourth-order valence-electron chi connectivity index (χ4n) is 3.23. The molecule has 0 radical (unpaired) electrons. The van der Waals surface area contributed by atoms with Crippen LogP contribution in [-0.2, 0) is 29.0 Å². The molecule has 0 aromatic carbocycles. The second-order valence-corrected chi connectivity index (χ2v) is 7.61. The third kappa shape index (κ3) is 3.52. The van der Waals surface area contributed by atoms with Crippen LogP contribution in [0.15, 0.2) is 9.05 Å². The first-order chi connectivity index (χ1) is 13.0. The molecule has 1 amide bonds. The average molecular weight is 388 g/mol. The number of amides is 1. The lowest BCUT2D eigenvalue weighted by molar-refractivity contribution is -0.116. The number of aryl methyl sites for hydroxylation is 3. The lowest BCUT2D eigenvalue weighted by Gasteiger charge is -2.12. The van der Waals surface area contributed by atoms with Crippen molar-refractivity contribution in [2.24, 2.45) is 0 Å². The first kappa shape index (κ1) is 17.9. The summed E-state index contributed by atoms with van der Waals surface area (Å²) in [6.45, 7) is 6.69. The summed E-state index contributed by atoms with van der Waals surface area (Å²) in [6, 6.07) is 0. The number of hydrogen-bond acceptors (Lipinski definition) is 8. The van der Waals surface area contributed by atoms with E-state index in [4.69, 9.17) is 13.8 Å². The van der Waals surface area contributed by atoms with Crippen LogP contribution in [0.2, 0.25) is 0 Å². The fraction of sp³-hybridized carbons (Fsp3) is 0.444. The maximum Gasteiger partial charge on any atom is 0.261 e. The van der Waals surface area contributed by atoms with Crippen LogP contribution in [0, 0.1) is 20.8 Å². The Morgan fingerprint density at radius 2 is 2.07 bits per heavy atom. The van der Waals surface area contributed by atoms with Crippen molar-refractivity contribution in [2.45, 2.75) is 46.6 Å². The van der Waals surface area contributed by atoms with Gasteiger partial charge in [-0.3, -0.25) is 4.79 Å². The van der Waals surface area contributed by atoms with Crippen LogP contribution in [0.3, 0.4) is 0 Å². The Bertz CT molecular complexity index is 968. The first-order valence-corrected chi connectivity index (χ1v) is 9.59. The summed E-state index contributed by atoms with van der Waals surface area (Å²) in [4.78, 5) is 18.0. The SMILES string of the molecule is Cc1noc(-c2c(NC(=O)CCc3c(C)noc3C)sc3c2CCOC3)n1. The number of thiophene rings is 1. The Morgan fingerprint density at radius 3 is 2.78 bits per heavy atom. The van der Waals surface area contributed by atoms with E-state index in [0.29, 0.717) is 37.8 Å². The molecule has 0 spiro atoms. The second-order valence-electron chi connectivity index (χ2n) is 6.51. The van der Waals surface area contributed by atoms with E-state index in [1.165, 1.54) is 11.3 Å². The number of hydrogen-bond donors (Lipinski definition) is 1. The van der Waals surface area contributed by atoms with E-state index in [0.717, 1.165) is 44.4 Å². The van der Waals surface area contributed by atoms with Crippen molar-refractivity contribution >= 4 is 22.2 Å². The van der Waals surface area contributed by atoms with Gasteiger partial charge in [-0.2, -0.15) is 4.98 Å². The molecule has 1 N–H and O–H groups in total. The number of fused-ring (bicyclic) bond motifs is 1. The molecule has 4 heterocycles. The van der Waals surface area contributed by atoms with Crippen LogP contribution < -0.4 is 5.32 Å². The summed E-state index contributed by atoms with van der Waals surface area (Å²) < 4.78 is 16.1. The third-order valence-electron chi connectivity index (χ3n) is 4.60. The number of aromatic nitrogens is 3. The predicted octanol–water partition coefficient (Wildman–Crippen LogP) is 3.36. The minimum absolute atomic E-state index is 0.0768.